The van der Waals surface area contributed by atoms with Crippen molar-refractivity contribution < 1.29 is 9.53 Å². The molecule has 0 bridgehead atoms. The molecular formula is C13H11N3O3S. The monoisotopic (exact) mass is 289 g/mol. The number of aromatic nitrogens is 3. The minimum atomic E-state index is -0.391. The van der Waals surface area contributed by atoms with Crippen molar-refractivity contribution >= 4 is 22.1 Å². The third kappa shape index (κ3) is 2.12. The van der Waals surface area contributed by atoms with Crippen molar-refractivity contribution in [2.24, 2.45) is 0 Å². The van der Waals surface area contributed by atoms with Crippen LogP contribution in [0.15, 0.2) is 35.4 Å². The van der Waals surface area contributed by atoms with Gasteiger partial charge in [-0.3, -0.25) is 4.79 Å². The number of rotatable bonds is 3. The lowest BCUT2D eigenvalue weighted by Gasteiger charge is -1.97. The molecule has 0 aliphatic heterocycles. The fraction of sp³-hybridized carbons (Fsp3) is 0.154. The Hall–Kier alpha value is -2.41. The number of fused-ring (bicyclic) bond motifs is 1. The highest BCUT2D eigenvalue weighted by Gasteiger charge is 2.17. The lowest BCUT2D eigenvalue weighted by atomic mass is 10.3. The SMILES string of the molecule is CCOC(=O)c1cnn2cc(-c3cccc(=O)[nH]3)sc12. The van der Waals surface area contributed by atoms with E-state index in [1.807, 2.05) is 0 Å². The van der Waals surface area contributed by atoms with E-state index in [2.05, 4.69) is 10.1 Å². The quantitative estimate of drug-likeness (QED) is 0.747. The molecule has 3 rings (SSSR count). The van der Waals surface area contributed by atoms with E-state index in [4.69, 9.17) is 4.74 Å². The van der Waals surface area contributed by atoms with Crippen LogP contribution in [0.2, 0.25) is 0 Å². The number of thiazole rings is 1. The maximum Gasteiger partial charge on any atom is 0.342 e. The summed E-state index contributed by atoms with van der Waals surface area (Å²) in [5.41, 5.74) is 0.961. The van der Waals surface area contributed by atoms with E-state index in [0.29, 0.717) is 22.7 Å². The van der Waals surface area contributed by atoms with Gasteiger partial charge < -0.3 is 9.72 Å². The van der Waals surface area contributed by atoms with Crippen molar-refractivity contribution in [3.63, 3.8) is 0 Å². The van der Waals surface area contributed by atoms with Crippen LogP contribution in [0, 0.1) is 0 Å². The van der Waals surface area contributed by atoms with Gasteiger partial charge in [-0.15, -0.1) is 11.3 Å². The summed E-state index contributed by atoms with van der Waals surface area (Å²) in [6.07, 6.45) is 3.26. The largest absolute Gasteiger partial charge is 0.462 e. The Balaban J connectivity index is 2.08. The van der Waals surface area contributed by atoms with Gasteiger partial charge in [-0.25, -0.2) is 9.31 Å². The molecule has 20 heavy (non-hydrogen) atoms. The third-order valence-corrected chi connectivity index (χ3v) is 3.87. The Morgan fingerprint density at radius 2 is 2.35 bits per heavy atom. The number of esters is 1. The molecule has 0 saturated heterocycles. The first kappa shape index (κ1) is 12.6. The van der Waals surface area contributed by atoms with E-state index in [0.717, 1.165) is 4.88 Å². The predicted octanol–water partition coefficient (Wildman–Crippen LogP) is 1.93. The van der Waals surface area contributed by atoms with E-state index in [1.54, 1.807) is 29.8 Å². The highest BCUT2D eigenvalue weighted by atomic mass is 32.1. The molecule has 3 heterocycles. The summed E-state index contributed by atoms with van der Waals surface area (Å²) in [5.74, 6) is -0.391. The number of nitrogens with one attached hydrogen (secondary N) is 1. The van der Waals surface area contributed by atoms with Crippen molar-refractivity contribution in [1.82, 2.24) is 14.6 Å². The molecule has 0 aromatic carbocycles. The van der Waals surface area contributed by atoms with Crippen molar-refractivity contribution in [2.75, 3.05) is 6.61 Å². The highest BCUT2D eigenvalue weighted by molar-refractivity contribution is 7.21. The normalized spacial score (nSPS) is 10.8. The second kappa shape index (κ2) is 4.93. The average molecular weight is 289 g/mol. The summed E-state index contributed by atoms with van der Waals surface area (Å²) in [6, 6.07) is 4.94. The number of pyridine rings is 1. The summed E-state index contributed by atoms with van der Waals surface area (Å²) >= 11 is 1.38. The summed E-state index contributed by atoms with van der Waals surface area (Å²) < 4.78 is 6.59. The second-order valence-electron chi connectivity index (χ2n) is 4.05. The molecule has 0 saturated carbocycles. The second-order valence-corrected chi connectivity index (χ2v) is 5.08. The van der Waals surface area contributed by atoms with Gasteiger partial charge in [-0.2, -0.15) is 5.10 Å². The molecule has 7 heteroatoms. The van der Waals surface area contributed by atoms with E-state index >= 15 is 0 Å². The zero-order chi connectivity index (χ0) is 14.1. The van der Waals surface area contributed by atoms with Crippen LogP contribution >= 0.6 is 11.3 Å². The van der Waals surface area contributed by atoms with Gasteiger partial charge in [0.15, 0.2) is 0 Å². The fourth-order valence-electron chi connectivity index (χ4n) is 1.85. The Labute approximate surface area is 117 Å². The molecular weight excluding hydrogens is 278 g/mol. The molecule has 6 nitrogen and oxygen atoms in total. The Morgan fingerprint density at radius 1 is 1.50 bits per heavy atom. The molecule has 102 valence electrons. The third-order valence-electron chi connectivity index (χ3n) is 2.73. The summed E-state index contributed by atoms with van der Waals surface area (Å²) in [6.45, 7) is 2.08. The number of H-pyrrole nitrogens is 1. The first-order valence-electron chi connectivity index (χ1n) is 6.03. The van der Waals surface area contributed by atoms with Crippen LogP contribution < -0.4 is 5.56 Å². The molecule has 0 unspecified atom stereocenters. The molecule has 0 amide bonds. The fourth-order valence-corrected chi connectivity index (χ4v) is 2.88. The van der Waals surface area contributed by atoms with Crippen molar-refractivity contribution in [3.8, 4) is 10.6 Å². The van der Waals surface area contributed by atoms with Crippen molar-refractivity contribution in [3.05, 3.63) is 46.5 Å². The van der Waals surface area contributed by atoms with Gasteiger partial charge in [0.1, 0.15) is 10.4 Å². The highest BCUT2D eigenvalue weighted by Crippen LogP contribution is 2.28. The molecule has 0 fully saturated rings. The lowest BCUT2D eigenvalue weighted by molar-refractivity contribution is 0.0529. The zero-order valence-electron chi connectivity index (χ0n) is 10.6. The van der Waals surface area contributed by atoms with Crippen LogP contribution in [0.5, 0.6) is 0 Å². The van der Waals surface area contributed by atoms with Crippen LogP contribution in [-0.2, 0) is 4.74 Å². The number of nitrogens with zero attached hydrogens (tertiary/aromatic N) is 2. The number of carbonyl (C=O) groups is 1. The molecule has 0 radical (unpaired) electrons. The van der Waals surface area contributed by atoms with Gasteiger partial charge >= 0.3 is 5.97 Å². The van der Waals surface area contributed by atoms with E-state index in [9.17, 15) is 9.59 Å². The van der Waals surface area contributed by atoms with Crippen LogP contribution in [-0.4, -0.2) is 27.2 Å². The van der Waals surface area contributed by atoms with Crippen LogP contribution in [0.3, 0.4) is 0 Å². The predicted molar refractivity (Wildman–Crippen MR) is 75.1 cm³/mol. The van der Waals surface area contributed by atoms with Gasteiger partial charge in [0.2, 0.25) is 5.56 Å². The van der Waals surface area contributed by atoms with Gasteiger partial charge in [0, 0.05) is 12.3 Å². The molecule has 0 spiro atoms. The Bertz CT molecular complexity index is 831. The number of ether oxygens (including phenoxy) is 1. The summed E-state index contributed by atoms with van der Waals surface area (Å²) in [7, 11) is 0. The first-order valence-corrected chi connectivity index (χ1v) is 6.84. The average Bonchev–Trinajstić information content (AvgIpc) is 2.98. The molecule has 0 atom stereocenters. The Morgan fingerprint density at radius 3 is 3.10 bits per heavy atom. The number of hydrogen-bond donors (Lipinski definition) is 1. The molecule has 1 N–H and O–H groups in total. The number of aromatic amines is 1. The topological polar surface area (TPSA) is 76.5 Å². The zero-order valence-corrected chi connectivity index (χ0v) is 11.4. The van der Waals surface area contributed by atoms with E-state index in [1.165, 1.54) is 23.6 Å². The number of hydrogen-bond acceptors (Lipinski definition) is 5. The van der Waals surface area contributed by atoms with Gasteiger partial charge in [-0.1, -0.05) is 6.07 Å². The Kier molecular flexibility index (Phi) is 3.11. The van der Waals surface area contributed by atoms with Crippen LogP contribution in [0.4, 0.5) is 0 Å². The van der Waals surface area contributed by atoms with Crippen LogP contribution in [0.25, 0.3) is 15.4 Å². The first-order chi connectivity index (χ1) is 9.69. The van der Waals surface area contributed by atoms with Crippen molar-refractivity contribution in [2.45, 2.75) is 6.92 Å². The minimum absolute atomic E-state index is 0.167. The maximum atomic E-state index is 11.8. The molecule has 3 aromatic heterocycles. The maximum absolute atomic E-state index is 11.8. The smallest absolute Gasteiger partial charge is 0.342 e. The van der Waals surface area contributed by atoms with Crippen molar-refractivity contribution in [1.29, 1.82) is 0 Å². The number of carbonyl (C=O) groups excluding carboxylic acids is 1. The van der Waals surface area contributed by atoms with Crippen LogP contribution in [0.1, 0.15) is 17.3 Å². The standard InChI is InChI=1S/C13H11N3O3S/c1-2-19-13(18)8-6-14-16-7-10(20-12(8)16)9-4-3-5-11(17)15-9/h3-7H,2H2,1H3,(H,15,17). The minimum Gasteiger partial charge on any atom is -0.462 e. The van der Waals surface area contributed by atoms with E-state index < -0.39 is 5.97 Å². The lowest BCUT2D eigenvalue weighted by Crippen LogP contribution is -2.03. The van der Waals surface area contributed by atoms with Gasteiger partial charge in [0.05, 0.1) is 23.4 Å². The summed E-state index contributed by atoms with van der Waals surface area (Å²) in [4.78, 5) is 27.4. The van der Waals surface area contributed by atoms with Gasteiger partial charge in [-0.05, 0) is 13.0 Å². The van der Waals surface area contributed by atoms with E-state index in [-0.39, 0.29) is 5.56 Å². The molecule has 3 aromatic rings. The molecule has 0 aliphatic rings. The molecule has 0 aliphatic carbocycles. The van der Waals surface area contributed by atoms with Gasteiger partial charge in [0.25, 0.3) is 0 Å². The summed E-state index contributed by atoms with van der Waals surface area (Å²) in [5, 5.41) is 4.12.